The average Bonchev–Trinajstić information content (AvgIpc) is 2.29. The van der Waals surface area contributed by atoms with Crippen LogP contribution in [0.25, 0.3) is 0 Å². The van der Waals surface area contributed by atoms with Crippen molar-refractivity contribution in [2.24, 2.45) is 0 Å². The lowest BCUT2D eigenvalue weighted by Crippen LogP contribution is -2.43. The predicted molar refractivity (Wildman–Crippen MR) is 61.0 cm³/mol. The Balaban J connectivity index is 2.25. The molecule has 1 aromatic rings. The first kappa shape index (κ1) is 12.2. The lowest BCUT2D eigenvalue weighted by Gasteiger charge is -2.31. The van der Waals surface area contributed by atoms with E-state index in [1.54, 1.807) is 0 Å². The Morgan fingerprint density at radius 1 is 1.18 bits per heavy atom. The third kappa shape index (κ3) is 2.72. The van der Waals surface area contributed by atoms with E-state index in [9.17, 15) is 13.2 Å². The van der Waals surface area contributed by atoms with Gasteiger partial charge in [-0.3, -0.25) is 0 Å². The number of anilines is 1. The Morgan fingerprint density at radius 3 is 2.35 bits per heavy atom. The van der Waals surface area contributed by atoms with Gasteiger partial charge in [-0.15, -0.1) is 0 Å². The van der Waals surface area contributed by atoms with Crippen LogP contribution in [0.5, 0.6) is 0 Å². The van der Waals surface area contributed by atoms with E-state index < -0.39 is 11.7 Å². The van der Waals surface area contributed by atoms with Crippen LogP contribution in [-0.2, 0) is 6.18 Å². The van der Waals surface area contributed by atoms with Gasteiger partial charge in [0.15, 0.2) is 0 Å². The monoisotopic (exact) mass is 243 g/mol. The molecule has 1 aromatic carbocycles. The van der Waals surface area contributed by atoms with Crippen molar-refractivity contribution >= 4 is 5.69 Å². The van der Waals surface area contributed by atoms with Gasteiger partial charge < -0.3 is 10.2 Å². The molecule has 17 heavy (non-hydrogen) atoms. The number of nitrogens with one attached hydrogen (secondary N) is 1. The quantitative estimate of drug-likeness (QED) is 0.814. The maximum Gasteiger partial charge on any atom is 0.416 e. The smallest absolute Gasteiger partial charge is 0.369 e. The number of nitrogens with zero attached hydrogens (tertiary/aromatic N) is 1. The summed E-state index contributed by atoms with van der Waals surface area (Å²) in [6.07, 6.45) is -4.30. The molecule has 1 saturated heterocycles. The number of halogens is 3. The minimum absolute atomic E-state index is 0.432. The predicted octanol–water partition coefficient (Wildman–Crippen LogP) is 2.30. The third-order valence-corrected chi connectivity index (χ3v) is 2.86. The van der Waals surface area contributed by atoms with Crippen molar-refractivity contribution in [2.75, 3.05) is 31.1 Å². The first-order valence-electron chi connectivity index (χ1n) is 5.47. The molecule has 5 heteroatoms. The third-order valence-electron chi connectivity index (χ3n) is 2.86. The second-order valence-corrected chi connectivity index (χ2v) is 4.08. The van der Waals surface area contributed by atoms with E-state index in [0.29, 0.717) is 5.56 Å². The summed E-state index contributed by atoms with van der Waals surface area (Å²) in [6, 6.07) is 3.74. The zero-order chi connectivity index (χ0) is 12.5. The second kappa shape index (κ2) is 4.56. The van der Waals surface area contributed by atoms with Crippen LogP contribution in [0.4, 0.5) is 18.9 Å². The van der Waals surface area contributed by atoms with Gasteiger partial charge in [-0.25, -0.2) is 0 Å². The van der Waals surface area contributed by atoms with Gasteiger partial charge in [0.25, 0.3) is 0 Å². The molecular weight excluding hydrogens is 229 g/mol. The molecule has 1 heterocycles. The number of hydrogen-bond acceptors (Lipinski definition) is 2. The summed E-state index contributed by atoms with van der Waals surface area (Å²) in [5, 5.41) is 3.20. The molecule has 93 valence electrons. The lowest BCUT2D eigenvalue weighted by molar-refractivity contribution is -0.137. The zero-order valence-electron chi connectivity index (χ0n) is 9.35. The van der Waals surface area contributed by atoms with Crippen LogP contribution >= 0.6 is 0 Å². The lowest BCUT2D eigenvalue weighted by atomic mass is 10.1. The van der Waals surface area contributed by atoms with Gasteiger partial charge >= 0.3 is 6.18 Å². The maximum atomic E-state index is 12.5. The van der Waals surface area contributed by atoms with Crippen molar-refractivity contribution in [1.82, 2.24) is 5.32 Å². The summed E-state index contributed by atoms with van der Waals surface area (Å²) in [4.78, 5) is 2.05. The van der Waals surface area contributed by atoms with Crippen LogP contribution in [0.3, 0.4) is 0 Å². The van der Waals surface area contributed by atoms with E-state index in [4.69, 9.17) is 0 Å². The minimum Gasteiger partial charge on any atom is -0.369 e. The van der Waals surface area contributed by atoms with E-state index >= 15 is 0 Å². The Morgan fingerprint density at radius 2 is 1.82 bits per heavy atom. The van der Waals surface area contributed by atoms with Gasteiger partial charge in [0.05, 0.1) is 5.56 Å². The number of hydrogen-bond donors (Lipinski definition) is 1. The first-order valence-corrected chi connectivity index (χ1v) is 5.47. The number of alkyl halides is 3. The molecule has 1 aliphatic heterocycles. The van der Waals surface area contributed by atoms with E-state index in [0.717, 1.165) is 44.0 Å². The fraction of sp³-hybridized carbons (Fsp3) is 0.417. The standard InChI is InChI=1S/C12H14F3N2/c1-9-8-10(12(13,14)15)2-3-11(9)17-6-4-16-5-7-17/h2-3,8,16H,1,4-7H2. The van der Waals surface area contributed by atoms with Crippen LogP contribution in [0.2, 0.25) is 0 Å². The number of benzene rings is 1. The summed E-state index contributed by atoms with van der Waals surface area (Å²) < 4.78 is 37.5. The fourth-order valence-electron chi connectivity index (χ4n) is 1.98. The van der Waals surface area contributed by atoms with Crippen molar-refractivity contribution in [3.8, 4) is 0 Å². The SMILES string of the molecule is [CH2]c1cc(C(F)(F)F)ccc1N1CCNCC1. The summed E-state index contributed by atoms with van der Waals surface area (Å²) in [5.74, 6) is 0. The highest BCUT2D eigenvalue weighted by atomic mass is 19.4. The zero-order valence-corrected chi connectivity index (χ0v) is 9.35. The molecule has 0 saturated carbocycles. The molecule has 0 atom stereocenters. The topological polar surface area (TPSA) is 15.3 Å². The highest BCUT2D eigenvalue weighted by molar-refractivity contribution is 5.57. The molecule has 0 bridgehead atoms. The van der Waals surface area contributed by atoms with Gasteiger partial charge in [-0.1, -0.05) is 0 Å². The van der Waals surface area contributed by atoms with Crippen LogP contribution in [0.15, 0.2) is 18.2 Å². The largest absolute Gasteiger partial charge is 0.416 e. The molecule has 2 rings (SSSR count). The van der Waals surface area contributed by atoms with Gasteiger partial charge in [0.1, 0.15) is 0 Å². The van der Waals surface area contributed by atoms with Gasteiger partial charge in [-0.2, -0.15) is 13.2 Å². The molecule has 0 unspecified atom stereocenters. The highest BCUT2D eigenvalue weighted by Gasteiger charge is 2.31. The van der Waals surface area contributed by atoms with Crippen molar-refractivity contribution in [2.45, 2.75) is 6.18 Å². The molecule has 1 fully saturated rings. The summed E-state index contributed by atoms with van der Waals surface area (Å²) in [6.45, 7) is 7.00. The minimum atomic E-state index is -4.30. The Labute approximate surface area is 98.4 Å². The van der Waals surface area contributed by atoms with Crippen LogP contribution in [0, 0.1) is 6.92 Å². The Kier molecular flexibility index (Phi) is 3.28. The van der Waals surface area contributed by atoms with Gasteiger partial charge in [-0.05, 0) is 30.7 Å². The fourth-order valence-corrected chi connectivity index (χ4v) is 1.98. The van der Waals surface area contributed by atoms with Crippen molar-refractivity contribution in [3.05, 3.63) is 36.2 Å². The molecule has 0 aromatic heterocycles. The number of piperazine rings is 1. The van der Waals surface area contributed by atoms with Crippen molar-refractivity contribution in [3.63, 3.8) is 0 Å². The molecular formula is C12H14F3N2. The maximum absolute atomic E-state index is 12.5. The van der Waals surface area contributed by atoms with Crippen LogP contribution in [0.1, 0.15) is 11.1 Å². The van der Waals surface area contributed by atoms with E-state index in [-0.39, 0.29) is 0 Å². The summed E-state index contributed by atoms with van der Waals surface area (Å²) in [5.41, 5.74) is 0.586. The Hall–Kier alpha value is -1.23. The first-order chi connectivity index (χ1) is 7.98. The summed E-state index contributed by atoms with van der Waals surface area (Å²) in [7, 11) is 0. The Bertz CT molecular complexity index is 395. The van der Waals surface area contributed by atoms with Crippen LogP contribution in [-0.4, -0.2) is 26.2 Å². The van der Waals surface area contributed by atoms with Gasteiger partial charge in [0, 0.05) is 31.9 Å². The van der Waals surface area contributed by atoms with Crippen LogP contribution < -0.4 is 10.2 Å². The molecule has 0 spiro atoms. The van der Waals surface area contributed by atoms with E-state index in [2.05, 4.69) is 17.1 Å². The number of rotatable bonds is 1. The van der Waals surface area contributed by atoms with Crippen molar-refractivity contribution < 1.29 is 13.2 Å². The van der Waals surface area contributed by atoms with E-state index in [1.807, 2.05) is 0 Å². The molecule has 0 amide bonds. The van der Waals surface area contributed by atoms with E-state index in [1.165, 1.54) is 6.07 Å². The molecule has 1 radical (unpaired) electrons. The second-order valence-electron chi connectivity index (χ2n) is 4.08. The highest BCUT2D eigenvalue weighted by Crippen LogP contribution is 2.32. The summed E-state index contributed by atoms with van der Waals surface area (Å²) >= 11 is 0. The molecule has 1 aliphatic rings. The molecule has 2 nitrogen and oxygen atoms in total. The molecule has 0 aliphatic carbocycles. The molecule has 1 N–H and O–H groups in total. The average molecular weight is 243 g/mol. The van der Waals surface area contributed by atoms with Crippen molar-refractivity contribution in [1.29, 1.82) is 0 Å². The van der Waals surface area contributed by atoms with Gasteiger partial charge in [0.2, 0.25) is 0 Å². The normalized spacial score (nSPS) is 17.3.